The number of aryl methyl sites for hydroxylation is 1. The maximum atomic E-state index is 11.3. The van der Waals surface area contributed by atoms with Crippen molar-refractivity contribution in [1.29, 1.82) is 0 Å². The summed E-state index contributed by atoms with van der Waals surface area (Å²) < 4.78 is 0. The summed E-state index contributed by atoms with van der Waals surface area (Å²) in [5.41, 5.74) is 3.14. The van der Waals surface area contributed by atoms with Crippen molar-refractivity contribution < 1.29 is 0 Å². The van der Waals surface area contributed by atoms with E-state index in [1.54, 1.807) is 0 Å². The van der Waals surface area contributed by atoms with Gasteiger partial charge in [0.05, 0.1) is 5.69 Å². The number of nitrogens with one attached hydrogen (secondary N) is 1. The average Bonchev–Trinajstić information content (AvgIpc) is 2.47. The van der Waals surface area contributed by atoms with Gasteiger partial charge in [-0.2, -0.15) is 4.98 Å². The van der Waals surface area contributed by atoms with Crippen molar-refractivity contribution in [2.75, 3.05) is 0 Å². The molecule has 0 saturated heterocycles. The third-order valence-electron chi connectivity index (χ3n) is 2.69. The molecule has 3 nitrogen and oxygen atoms in total. The monoisotopic (exact) mass is 192 g/mol. The van der Waals surface area contributed by atoms with Crippen LogP contribution in [0.2, 0.25) is 0 Å². The van der Waals surface area contributed by atoms with Gasteiger partial charge in [-0.05, 0) is 24.8 Å². The summed E-state index contributed by atoms with van der Waals surface area (Å²) in [5.74, 6) is 0. The quantitative estimate of drug-likeness (QED) is 0.678. The highest BCUT2D eigenvalue weighted by molar-refractivity contribution is 5.32. The van der Waals surface area contributed by atoms with Crippen LogP contribution in [0.15, 0.2) is 4.79 Å². The van der Waals surface area contributed by atoms with Crippen LogP contribution in [0.5, 0.6) is 0 Å². The topological polar surface area (TPSA) is 45.8 Å². The predicted molar refractivity (Wildman–Crippen MR) is 55.6 cm³/mol. The van der Waals surface area contributed by atoms with E-state index in [4.69, 9.17) is 0 Å². The smallest absolute Gasteiger partial charge is 0.310 e. The molecule has 14 heavy (non-hydrogen) atoms. The standard InChI is InChI=1S/C11H16N2O/c1-11(2,3)9-7-5-4-6-8(7)12-10(14)13-9/h4-6H2,1-3H3,(H,12,13,14). The Balaban J connectivity index is 2.66. The molecular weight excluding hydrogens is 176 g/mol. The molecule has 1 aromatic heterocycles. The van der Waals surface area contributed by atoms with Gasteiger partial charge < -0.3 is 4.98 Å². The fraction of sp³-hybridized carbons (Fsp3) is 0.636. The molecule has 0 atom stereocenters. The van der Waals surface area contributed by atoms with E-state index in [2.05, 4.69) is 30.7 Å². The molecule has 2 rings (SSSR count). The highest BCUT2D eigenvalue weighted by atomic mass is 16.1. The van der Waals surface area contributed by atoms with Crippen LogP contribution in [-0.4, -0.2) is 9.97 Å². The van der Waals surface area contributed by atoms with Gasteiger partial charge in [0.25, 0.3) is 0 Å². The van der Waals surface area contributed by atoms with E-state index >= 15 is 0 Å². The first-order valence-electron chi connectivity index (χ1n) is 5.11. The zero-order valence-corrected chi connectivity index (χ0v) is 8.98. The van der Waals surface area contributed by atoms with Gasteiger partial charge in [0.15, 0.2) is 0 Å². The van der Waals surface area contributed by atoms with Gasteiger partial charge in [-0.25, -0.2) is 4.79 Å². The van der Waals surface area contributed by atoms with Crippen LogP contribution in [0, 0.1) is 0 Å². The number of nitrogens with zero attached hydrogens (tertiary/aromatic N) is 1. The van der Waals surface area contributed by atoms with Gasteiger partial charge >= 0.3 is 5.69 Å². The van der Waals surface area contributed by atoms with E-state index in [1.165, 1.54) is 5.56 Å². The molecule has 0 fully saturated rings. The minimum absolute atomic E-state index is 0.0251. The minimum atomic E-state index is -0.199. The van der Waals surface area contributed by atoms with Crippen LogP contribution in [0.4, 0.5) is 0 Å². The maximum Gasteiger partial charge on any atom is 0.345 e. The molecule has 0 saturated carbocycles. The molecule has 0 amide bonds. The normalized spacial score (nSPS) is 15.6. The van der Waals surface area contributed by atoms with Crippen molar-refractivity contribution >= 4 is 0 Å². The molecule has 1 N–H and O–H groups in total. The summed E-state index contributed by atoms with van der Waals surface area (Å²) in [5, 5.41) is 0. The Morgan fingerprint density at radius 3 is 2.64 bits per heavy atom. The highest BCUT2D eigenvalue weighted by Crippen LogP contribution is 2.29. The van der Waals surface area contributed by atoms with Gasteiger partial charge in [-0.3, -0.25) is 0 Å². The maximum absolute atomic E-state index is 11.3. The van der Waals surface area contributed by atoms with Crippen molar-refractivity contribution in [2.45, 2.75) is 45.4 Å². The van der Waals surface area contributed by atoms with Crippen LogP contribution in [-0.2, 0) is 18.3 Å². The van der Waals surface area contributed by atoms with Crippen LogP contribution in [0.25, 0.3) is 0 Å². The van der Waals surface area contributed by atoms with E-state index in [1.807, 2.05) is 0 Å². The Hall–Kier alpha value is -1.12. The van der Waals surface area contributed by atoms with E-state index in [0.717, 1.165) is 30.7 Å². The molecule has 0 radical (unpaired) electrons. The molecule has 1 heterocycles. The van der Waals surface area contributed by atoms with Crippen LogP contribution in [0.1, 0.15) is 44.1 Å². The molecule has 1 aliphatic rings. The molecule has 0 aliphatic heterocycles. The van der Waals surface area contributed by atoms with Crippen LogP contribution in [0.3, 0.4) is 0 Å². The van der Waals surface area contributed by atoms with Crippen molar-refractivity contribution in [3.63, 3.8) is 0 Å². The number of H-pyrrole nitrogens is 1. The van der Waals surface area contributed by atoms with Gasteiger partial charge in [-0.15, -0.1) is 0 Å². The number of fused-ring (bicyclic) bond motifs is 1. The average molecular weight is 192 g/mol. The van der Waals surface area contributed by atoms with Gasteiger partial charge in [0, 0.05) is 11.1 Å². The molecule has 1 aliphatic carbocycles. The third-order valence-corrected chi connectivity index (χ3v) is 2.69. The van der Waals surface area contributed by atoms with Crippen molar-refractivity contribution in [3.8, 4) is 0 Å². The number of hydrogen-bond donors (Lipinski definition) is 1. The lowest BCUT2D eigenvalue weighted by molar-refractivity contribution is 0.556. The first-order chi connectivity index (χ1) is 6.48. The molecule has 76 valence electrons. The zero-order chi connectivity index (χ0) is 10.3. The molecule has 3 heteroatoms. The summed E-state index contributed by atoms with van der Waals surface area (Å²) in [4.78, 5) is 18.3. The van der Waals surface area contributed by atoms with E-state index < -0.39 is 0 Å². The second-order valence-corrected chi connectivity index (χ2v) is 4.95. The zero-order valence-electron chi connectivity index (χ0n) is 8.98. The second kappa shape index (κ2) is 2.94. The Bertz CT molecular complexity index is 412. The third kappa shape index (κ3) is 1.47. The number of rotatable bonds is 0. The number of hydrogen-bond acceptors (Lipinski definition) is 2. The Kier molecular flexibility index (Phi) is 1.98. The summed E-state index contributed by atoms with van der Waals surface area (Å²) >= 11 is 0. The fourth-order valence-electron chi connectivity index (χ4n) is 2.09. The molecule has 0 spiro atoms. The predicted octanol–water partition coefficient (Wildman–Crippen LogP) is 1.56. The number of aromatic amines is 1. The summed E-state index contributed by atoms with van der Waals surface area (Å²) in [6, 6.07) is 0. The number of aromatic nitrogens is 2. The second-order valence-electron chi connectivity index (χ2n) is 4.95. The SMILES string of the molecule is CC(C)(C)c1nc(=O)[nH]c2c1CCC2. The Morgan fingerprint density at radius 1 is 1.29 bits per heavy atom. The molecule has 0 unspecified atom stereocenters. The molecule has 0 bridgehead atoms. The minimum Gasteiger partial charge on any atom is -0.310 e. The van der Waals surface area contributed by atoms with Gasteiger partial charge in [-0.1, -0.05) is 20.8 Å². The molecular formula is C11H16N2O. The van der Waals surface area contributed by atoms with Crippen molar-refractivity contribution in [1.82, 2.24) is 9.97 Å². The first-order valence-corrected chi connectivity index (χ1v) is 5.11. The Labute approximate surface area is 83.6 Å². The highest BCUT2D eigenvalue weighted by Gasteiger charge is 2.25. The van der Waals surface area contributed by atoms with Crippen LogP contribution >= 0.6 is 0 Å². The molecule has 1 aromatic rings. The van der Waals surface area contributed by atoms with Gasteiger partial charge in [0.1, 0.15) is 0 Å². The summed E-state index contributed by atoms with van der Waals surface area (Å²) in [7, 11) is 0. The molecule has 0 aromatic carbocycles. The lowest BCUT2D eigenvalue weighted by Crippen LogP contribution is -2.24. The van der Waals surface area contributed by atoms with E-state index in [9.17, 15) is 4.79 Å². The van der Waals surface area contributed by atoms with Crippen molar-refractivity contribution in [2.24, 2.45) is 0 Å². The Morgan fingerprint density at radius 2 is 2.00 bits per heavy atom. The van der Waals surface area contributed by atoms with Gasteiger partial charge in [0.2, 0.25) is 0 Å². The van der Waals surface area contributed by atoms with Crippen molar-refractivity contribution in [3.05, 3.63) is 27.4 Å². The lowest BCUT2D eigenvalue weighted by atomic mass is 9.88. The first kappa shape index (κ1) is 9.44. The van der Waals surface area contributed by atoms with E-state index in [-0.39, 0.29) is 11.1 Å². The fourth-order valence-corrected chi connectivity index (χ4v) is 2.09. The van der Waals surface area contributed by atoms with Crippen LogP contribution < -0.4 is 5.69 Å². The lowest BCUT2D eigenvalue weighted by Gasteiger charge is -2.20. The summed E-state index contributed by atoms with van der Waals surface area (Å²) in [6.07, 6.45) is 3.20. The largest absolute Gasteiger partial charge is 0.345 e. The van der Waals surface area contributed by atoms with E-state index in [0.29, 0.717) is 0 Å². The summed E-state index contributed by atoms with van der Waals surface area (Å²) in [6.45, 7) is 6.31.